The molecule has 1 aliphatic heterocycles. The molecule has 2 aliphatic rings. The van der Waals surface area contributed by atoms with E-state index in [0.29, 0.717) is 18.0 Å². The molecule has 0 atom stereocenters. The molecule has 1 saturated heterocycles. The molecule has 2 fully saturated rings. The fraction of sp³-hybridized carbons (Fsp3) is 0.600. The molecular formula is C15H20FNO. The van der Waals surface area contributed by atoms with E-state index < -0.39 is 0 Å². The zero-order chi connectivity index (χ0) is 12.4. The lowest BCUT2D eigenvalue weighted by Crippen LogP contribution is -2.47. The summed E-state index contributed by atoms with van der Waals surface area (Å²) in [6, 6.07) is 8.25. The summed E-state index contributed by atoms with van der Waals surface area (Å²) in [5.74, 6) is 0.470. The van der Waals surface area contributed by atoms with E-state index >= 15 is 0 Å². The third kappa shape index (κ3) is 2.73. The molecule has 18 heavy (non-hydrogen) atoms. The van der Waals surface area contributed by atoms with E-state index in [2.05, 4.69) is 5.32 Å². The van der Waals surface area contributed by atoms with Gasteiger partial charge in [-0.25, -0.2) is 4.39 Å². The van der Waals surface area contributed by atoms with Gasteiger partial charge in [-0.3, -0.25) is 0 Å². The van der Waals surface area contributed by atoms with Crippen LogP contribution >= 0.6 is 0 Å². The fourth-order valence-electron chi connectivity index (χ4n) is 2.96. The topological polar surface area (TPSA) is 21.3 Å². The Morgan fingerprint density at radius 2 is 1.67 bits per heavy atom. The van der Waals surface area contributed by atoms with Crippen molar-refractivity contribution in [3.63, 3.8) is 0 Å². The molecule has 0 unspecified atom stereocenters. The van der Waals surface area contributed by atoms with Crippen LogP contribution in [-0.4, -0.2) is 25.3 Å². The summed E-state index contributed by atoms with van der Waals surface area (Å²) < 4.78 is 18.2. The van der Waals surface area contributed by atoms with Gasteiger partial charge < -0.3 is 10.1 Å². The Bertz CT molecular complexity index is 380. The van der Waals surface area contributed by atoms with Crippen molar-refractivity contribution in [2.45, 2.75) is 43.7 Å². The lowest BCUT2D eigenvalue weighted by atomic mass is 9.75. The van der Waals surface area contributed by atoms with Crippen LogP contribution in [0.1, 0.15) is 37.2 Å². The molecule has 2 nitrogen and oxygen atoms in total. The summed E-state index contributed by atoms with van der Waals surface area (Å²) in [6.07, 6.45) is 4.64. The van der Waals surface area contributed by atoms with E-state index in [-0.39, 0.29) is 5.82 Å². The van der Waals surface area contributed by atoms with E-state index in [1.807, 2.05) is 12.1 Å². The van der Waals surface area contributed by atoms with Crippen LogP contribution in [0.4, 0.5) is 4.39 Å². The Kier molecular flexibility index (Phi) is 3.62. The molecule has 0 bridgehead atoms. The maximum absolute atomic E-state index is 12.8. The largest absolute Gasteiger partial charge is 0.381 e. The van der Waals surface area contributed by atoms with Crippen molar-refractivity contribution < 1.29 is 9.13 Å². The Hall–Kier alpha value is -0.930. The molecule has 0 spiro atoms. The highest BCUT2D eigenvalue weighted by molar-refractivity contribution is 5.23. The van der Waals surface area contributed by atoms with Crippen molar-refractivity contribution in [1.82, 2.24) is 5.32 Å². The van der Waals surface area contributed by atoms with Gasteiger partial charge in [-0.1, -0.05) is 12.1 Å². The number of hydrogen-bond acceptors (Lipinski definition) is 2. The third-order valence-corrected chi connectivity index (χ3v) is 4.17. The van der Waals surface area contributed by atoms with Gasteiger partial charge in [0.25, 0.3) is 0 Å². The number of nitrogens with one attached hydrogen (secondary N) is 1. The number of ether oxygens (including phenoxy) is 1. The van der Waals surface area contributed by atoms with Gasteiger partial charge in [0.05, 0.1) is 0 Å². The number of benzene rings is 1. The van der Waals surface area contributed by atoms with Crippen LogP contribution < -0.4 is 5.32 Å². The fourth-order valence-corrected chi connectivity index (χ4v) is 2.96. The summed E-state index contributed by atoms with van der Waals surface area (Å²) in [5, 5.41) is 3.71. The van der Waals surface area contributed by atoms with E-state index in [1.165, 1.54) is 18.4 Å². The maximum atomic E-state index is 12.8. The smallest absolute Gasteiger partial charge is 0.123 e. The summed E-state index contributed by atoms with van der Waals surface area (Å²) >= 11 is 0. The predicted octanol–water partition coefficient (Wildman–Crippen LogP) is 2.84. The summed E-state index contributed by atoms with van der Waals surface area (Å²) in [7, 11) is 0. The first-order valence-electron chi connectivity index (χ1n) is 6.90. The molecular weight excluding hydrogens is 229 g/mol. The average Bonchev–Trinajstić information content (AvgIpc) is 2.36. The zero-order valence-corrected chi connectivity index (χ0v) is 10.6. The molecule has 1 aromatic carbocycles. The number of halogens is 1. The van der Waals surface area contributed by atoms with Gasteiger partial charge in [0, 0.05) is 25.3 Å². The monoisotopic (exact) mass is 249 g/mol. The van der Waals surface area contributed by atoms with Crippen molar-refractivity contribution in [3.8, 4) is 0 Å². The molecule has 98 valence electrons. The SMILES string of the molecule is Fc1ccc(C2CC(NC3CCOCC3)C2)cc1. The highest BCUT2D eigenvalue weighted by Crippen LogP contribution is 2.37. The first kappa shape index (κ1) is 12.1. The van der Waals surface area contributed by atoms with Crippen LogP contribution in [-0.2, 0) is 4.74 Å². The maximum Gasteiger partial charge on any atom is 0.123 e. The lowest BCUT2D eigenvalue weighted by Gasteiger charge is -2.39. The predicted molar refractivity (Wildman–Crippen MR) is 69.1 cm³/mol. The Balaban J connectivity index is 1.46. The van der Waals surface area contributed by atoms with Gasteiger partial charge in [-0.15, -0.1) is 0 Å². The lowest BCUT2D eigenvalue weighted by molar-refractivity contribution is 0.0698. The third-order valence-electron chi connectivity index (χ3n) is 4.17. The normalized spacial score (nSPS) is 28.9. The molecule has 1 aliphatic carbocycles. The zero-order valence-electron chi connectivity index (χ0n) is 10.6. The standard InChI is InChI=1S/C15H20FNO/c16-13-3-1-11(2-4-13)12-9-15(10-12)17-14-5-7-18-8-6-14/h1-4,12,14-15,17H,5-10H2. The van der Waals surface area contributed by atoms with E-state index in [1.54, 1.807) is 12.1 Å². The van der Waals surface area contributed by atoms with Crippen molar-refractivity contribution in [3.05, 3.63) is 35.6 Å². The van der Waals surface area contributed by atoms with Crippen LogP contribution in [0, 0.1) is 5.82 Å². The molecule has 1 N–H and O–H groups in total. The van der Waals surface area contributed by atoms with Crippen molar-refractivity contribution in [2.24, 2.45) is 0 Å². The van der Waals surface area contributed by atoms with Gasteiger partial charge >= 0.3 is 0 Å². The molecule has 0 radical (unpaired) electrons. The molecule has 0 aromatic heterocycles. The van der Waals surface area contributed by atoms with Crippen LogP contribution in [0.3, 0.4) is 0 Å². The quantitative estimate of drug-likeness (QED) is 0.889. The highest BCUT2D eigenvalue weighted by Gasteiger charge is 2.31. The summed E-state index contributed by atoms with van der Waals surface area (Å²) in [5.41, 5.74) is 1.28. The minimum absolute atomic E-state index is 0.144. The minimum Gasteiger partial charge on any atom is -0.381 e. The van der Waals surface area contributed by atoms with Crippen LogP contribution in [0.2, 0.25) is 0 Å². The van der Waals surface area contributed by atoms with Crippen LogP contribution in [0.5, 0.6) is 0 Å². The van der Waals surface area contributed by atoms with E-state index in [9.17, 15) is 4.39 Å². The van der Waals surface area contributed by atoms with Gasteiger partial charge in [-0.05, 0) is 49.3 Å². The second-order valence-electron chi connectivity index (χ2n) is 5.47. The summed E-state index contributed by atoms with van der Waals surface area (Å²) in [4.78, 5) is 0. The molecule has 1 aromatic rings. The van der Waals surface area contributed by atoms with E-state index in [4.69, 9.17) is 4.74 Å². The first-order chi connectivity index (χ1) is 8.81. The second-order valence-corrected chi connectivity index (χ2v) is 5.47. The van der Waals surface area contributed by atoms with Crippen LogP contribution in [0.15, 0.2) is 24.3 Å². The van der Waals surface area contributed by atoms with Crippen molar-refractivity contribution >= 4 is 0 Å². The molecule has 0 amide bonds. The van der Waals surface area contributed by atoms with Gasteiger partial charge in [0.15, 0.2) is 0 Å². The van der Waals surface area contributed by atoms with Crippen molar-refractivity contribution in [2.75, 3.05) is 13.2 Å². The average molecular weight is 249 g/mol. The van der Waals surface area contributed by atoms with Crippen molar-refractivity contribution in [1.29, 1.82) is 0 Å². The molecule has 3 rings (SSSR count). The summed E-state index contributed by atoms with van der Waals surface area (Å²) in [6.45, 7) is 1.79. The molecule has 1 heterocycles. The minimum atomic E-state index is -0.144. The van der Waals surface area contributed by atoms with Gasteiger partial charge in [0.1, 0.15) is 5.82 Å². The highest BCUT2D eigenvalue weighted by atomic mass is 19.1. The van der Waals surface area contributed by atoms with Gasteiger partial charge in [0.2, 0.25) is 0 Å². The molecule has 1 saturated carbocycles. The van der Waals surface area contributed by atoms with E-state index in [0.717, 1.165) is 26.1 Å². The van der Waals surface area contributed by atoms with Gasteiger partial charge in [-0.2, -0.15) is 0 Å². The Morgan fingerprint density at radius 3 is 2.33 bits per heavy atom. The number of rotatable bonds is 3. The Morgan fingerprint density at radius 1 is 1.00 bits per heavy atom. The van der Waals surface area contributed by atoms with Crippen LogP contribution in [0.25, 0.3) is 0 Å². The Labute approximate surface area is 108 Å². The molecule has 3 heteroatoms. The number of hydrogen-bond donors (Lipinski definition) is 1. The first-order valence-corrected chi connectivity index (χ1v) is 6.90. The second kappa shape index (κ2) is 5.37.